The molecule has 0 atom stereocenters. The lowest BCUT2D eigenvalue weighted by Crippen LogP contribution is -2.12. The molecule has 0 aliphatic rings. The Kier molecular flexibility index (Phi) is 3.85. The van der Waals surface area contributed by atoms with Gasteiger partial charge in [-0.05, 0) is 47.7 Å². The zero-order chi connectivity index (χ0) is 15.9. The second kappa shape index (κ2) is 5.54. The van der Waals surface area contributed by atoms with Gasteiger partial charge in [0.15, 0.2) is 11.4 Å². The summed E-state index contributed by atoms with van der Waals surface area (Å²) in [7, 11) is -2.10. The van der Waals surface area contributed by atoms with Gasteiger partial charge in [0.1, 0.15) is 0 Å². The average molecular weight is 428 g/mol. The molecule has 7 heteroatoms. The number of benzene rings is 1. The summed E-state index contributed by atoms with van der Waals surface area (Å²) < 4.78 is 32.8. The van der Waals surface area contributed by atoms with Crippen molar-refractivity contribution < 1.29 is 13.2 Å². The minimum atomic E-state index is -3.67. The maximum atomic E-state index is 12.8. The maximum Gasteiger partial charge on any atom is 0.269 e. The molecule has 22 heavy (non-hydrogen) atoms. The van der Waals surface area contributed by atoms with Crippen LogP contribution < -0.4 is 4.74 Å². The molecule has 0 saturated heterocycles. The molecule has 2 heterocycles. The highest BCUT2D eigenvalue weighted by Crippen LogP contribution is 2.30. The van der Waals surface area contributed by atoms with Crippen LogP contribution in [0.15, 0.2) is 47.6 Å². The van der Waals surface area contributed by atoms with Crippen LogP contribution in [0.25, 0.3) is 11.0 Å². The second-order valence-corrected chi connectivity index (χ2v) is 7.70. The van der Waals surface area contributed by atoms with E-state index in [1.165, 1.54) is 16.4 Å². The third-order valence-electron chi connectivity index (χ3n) is 3.38. The molecule has 3 rings (SSSR count). The standard InChI is InChI=1S/C15H13IN2O3S/c1-10-3-5-11(6-4-10)22(19,20)18-8-7-12-14(16)13(21-2)9-17-15(12)18/h3-9H,1-2H3. The van der Waals surface area contributed by atoms with Crippen LogP contribution in [-0.2, 0) is 10.0 Å². The summed E-state index contributed by atoms with van der Waals surface area (Å²) in [6.45, 7) is 1.91. The van der Waals surface area contributed by atoms with Crippen LogP contribution in [0.4, 0.5) is 0 Å². The molecular weight excluding hydrogens is 415 g/mol. The van der Waals surface area contributed by atoms with Crippen molar-refractivity contribution >= 4 is 43.6 Å². The fourth-order valence-corrected chi connectivity index (χ4v) is 4.25. The van der Waals surface area contributed by atoms with Crippen molar-refractivity contribution in [1.29, 1.82) is 0 Å². The number of halogens is 1. The first kappa shape index (κ1) is 15.3. The molecule has 2 aromatic heterocycles. The number of hydrogen-bond donors (Lipinski definition) is 0. The van der Waals surface area contributed by atoms with Crippen molar-refractivity contribution in [2.75, 3.05) is 7.11 Å². The van der Waals surface area contributed by atoms with Crippen LogP contribution in [0, 0.1) is 10.5 Å². The lowest BCUT2D eigenvalue weighted by atomic mass is 10.2. The van der Waals surface area contributed by atoms with Crippen molar-refractivity contribution in [3.8, 4) is 5.75 Å². The smallest absolute Gasteiger partial charge is 0.269 e. The Balaban J connectivity index is 2.22. The van der Waals surface area contributed by atoms with E-state index in [0.29, 0.717) is 11.4 Å². The molecule has 0 saturated carbocycles. The number of pyridine rings is 1. The summed E-state index contributed by atoms with van der Waals surface area (Å²) >= 11 is 2.13. The van der Waals surface area contributed by atoms with E-state index in [4.69, 9.17) is 4.74 Å². The maximum absolute atomic E-state index is 12.8. The Morgan fingerprint density at radius 2 is 1.86 bits per heavy atom. The van der Waals surface area contributed by atoms with Crippen molar-refractivity contribution in [2.45, 2.75) is 11.8 Å². The molecule has 1 aromatic carbocycles. The Morgan fingerprint density at radius 1 is 1.18 bits per heavy atom. The van der Waals surface area contributed by atoms with Gasteiger partial charge in [-0.25, -0.2) is 17.4 Å². The van der Waals surface area contributed by atoms with Crippen LogP contribution >= 0.6 is 22.6 Å². The minimum Gasteiger partial charge on any atom is -0.494 e. The summed E-state index contributed by atoms with van der Waals surface area (Å²) in [5, 5.41) is 0.746. The summed E-state index contributed by atoms with van der Waals surface area (Å²) in [4.78, 5) is 4.48. The number of ether oxygens (including phenoxy) is 1. The van der Waals surface area contributed by atoms with Crippen LogP contribution in [-0.4, -0.2) is 24.5 Å². The van der Waals surface area contributed by atoms with Gasteiger partial charge in [0.25, 0.3) is 10.0 Å². The Labute approximate surface area is 142 Å². The van der Waals surface area contributed by atoms with E-state index < -0.39 is 10.0 Å². The first-order chi connectivity index (χ1) is 10.4. The van der Waals surface area contributed by atoms with E-state index in [9.17, 15) is 8.42 Å². The number of fused-ring (bicyclic) bond motifs is 1. The van der Waals surface area contributed by atoms with Gasteiger partial charge in [-0.1, -0.05) is 17.7 Å². The molecule has 0 radical (unpaired) electrons. The number of aromatic nitrogens is 2. The summed E-state index contributed by atoms with van der Waals surface area (Å²) in [5.41, 5.74) is 1.40. The van der Waals surface area contributed by atoms with E-state index in [2.05, 4.69) is 27.6 Å². The molecule has 0 spiro atoms. The van der Waals surface area contributed by atoms with E-state index >= 15 is 0 Å². The van der Waals surface area contributed by atoms with Crippen LogP contribution in [0.5, 0.6) is 5.75 Å². The molecule has 114 valence electrons. The van der Waals surface area contributed by atoms with Crippen LogP contribution in [0.3, 0.4) is 0 Å². The van der Waals surface area contributed by atoms with E-state index in [1.807, 2.05) is 6.92 Å². The normalized spacial score (nSPS) is 11.8. The van der Waals surface area contributed by atoms with Gasteiger partial charge >= 0.3 is 0 Å². The Hall–Kier alpha value is -1.61. The third kappa shape index (κ3) is 2.38. The van der Waals surface area contributed by atoms with Gasteiger partial charge in [-0.3, -0.25) is 0 Å². The molecule has 0 amide bonds. The van der Waals surface area contributed by atoms with Crippen molar-refractivity contribution in [3.63, 3.8) is 0 Å². The lowest BCUT2D eigenvalue weighted by molar-refractivity contribution is 0.411. The SMILES string of the molecule is COc1cnc2c(ccn2S(=O)(=O)c2ccc(C)cc2)c1I. The number of nitrogens with zero attached hydrogens (tertiary/aromatic N) is 2. The Morgan fingerprint density at radius 3 is 2.50 bits per heavy atom. The van der Waals surface area contributed by atoms with Crippen molar-refractivity contribution in [3.05, 3.63) is 51.9 Å². The molecule has 0 unspecified atom stereocenters. The average Bonchev–Trinajstić information content (AvgIpc) is 2.94. The molecule has 3 aromatic rings. The zero-order valence-corrected chi connectivity index (χ0v) is 14.9. The Bertz CT molecular complexity index is 947. The number of rotatable bonds is 3. The fourth-order valence-electron chi connectivity index (χ4n) is 2.17. The van der Waals surface area contributed by atoms with E-state index in [0.717, 1.165) is 14.5 Å². The molecule has 5 nitrogen and oxygen atoms in total. The minimum absolute atomic E-state index is 0.239. The topological polar surface area (TPSA) is 61.2 Å². The largest absolute Gasteiger partial charge is 0.494 e. The molecule has 0 aliphatic carbocycles. The first-order valence-corrected chi connectivity index (χ1v) is 8.99. The third-order valence-corrected chi connectivity index (χ3v) is 6.17. The van der Waals surface area contributed by atoms with Crippen molar-refractivity contribution in [1.82, 2.24) is 8.96 Å². The highest BCUT2D eigenvalue weighted by Gasteiger charge is 2.21. The van der Waals surface area contributed by atoms with E-state index in [-0.39, 0.29) is 4.90 Å². The van der Waals surface area contributed by atoms with Crippen LogP contribution in [0.2, 0.25) is 0 Å². The summed E-state index contributed by atoms with van der Waals surface area (Å²) in [6, 6.07) is 8.49. The molecule has 0 bridgehead atoms. The highest BCUT2D eigenvalue weighted by molar-refractivity contribution is 14.1. The van der Waals surface area contributed by atoms with Gasteiger partial charge in [0.05, 0.1) is 21.8 Å². The van der Waals surface area contributed by atoms with Crippen molar-refractivity contribution in [2.24, 2.45) is 0 Å². The van der Waals surface area contributed by atoms with Gasteiger partial charge < -0.3 is 4.74 Å². The molecule has 0 aliphatic heterocycles. The van der Waals surface area contributed by atoms with Gasteiger partial charge in [-0.15, -0.1) is 0 Å². The quantitative estimate of drug-likeness (QED) is 0.602. The first-order valence-electron chi connectivity index (χ1n) is 6.47. The molecule has 0 N–H and O–H groups in total. The van der Waals surface area contributed by atoms with Crippen LogP contribution in [0.1, 0.15) is 5.56 Å². The molecular formula is C15H13IN2O3S. The van der Waals surface area contributed by atoms with Gasteiger partial charge in [-0.2, -0.15) is 0 Å². The zero-order valence-electron chi connectivity index (χ0n) is 11.9. The highest BCUT2D eigenvalue weighted by atomic mass is 127. The summed E-state index contributed by atoms with van der Waals surface area (Å²) in [5.74, 6) is 0.624. The van der Waals surface area contributed by atoms with Gasteiger partial charge in [0, 0.05) is 11.6 Å². The predicted octanol–water partition coefficient (Wildman–Crippen LogP) is 3.19. The van der Waals surface area contributed by atoms with Gasteiger partial charge in [0.2, 0.25) is 0 Å². The number of aryl methyl sites for hydroxylation is 1. The predicted molar refractivity (Wildman–Crippen MR) is 92.8 cm³/mol. The summed E-state index contributed by atoms with van der Waals surface area (Å²) in [6.07, 6.45) is 3.06. The fraction of sp³-hybridized carbons (Fsp3) is 0.133. The monoisotopic (exact) mass is 428 g/mol. The second-order valence-electron chi connectivity index (χ2n) is 4.81. The van der Waals surface area contributed by atoms with E-state index in [1.54, 1.807) is 37.4 Å². The number of methoxy groups -OCH3 is 1. The number of hydrogen-bond acceptors (Lipinski definition) is 4. The molecule has 0 fully saturated rings. The lowest BCUT2D eigenvalue weighted by Gasteiger charge is -2.08.